The van der Waals surface area contributed by atoms with Crippen LogP contribution >= 0.6 is 11.6 Å². The lowest BCUT2D eigenvalue weighted by atomic mass is 10.1. The van der Waals surface area contributed by atoms with Crippen molar-refractivity contribution in [1.29, 1.82) is 0 Å². The summed E-state index contributed by atoms with van der Waals surface area (Å²) in [7, 11) is 0. The largest absolute Gasteiger partial charge is 0.303 e. The maximum absolute atomic E-state index is 5.74. The smallest absolute Gasteiger partial charge is 0.0235 e. The van der Waals surface area contributed by atoms with Crippen LogP contribution in [0.5, 0.6) is 0 Å². The first kappa shape index (κ1) is 15.2. The van der Waals surface area contributed by atoms with Gasteiger partial charge in [0.15, 0.2) is 0 Å². The highest BCUT2D eigenvalue weighted by atomic mass is 35.5. The topological polar surface area (TPSA) is 3.24 Å². The Morgan fingerprint density at radius 2 is 1.33 bits per heavy atom. The van der Waals surface area contributed by atoms with Crippen LogP contribution in [0.1, 0.15) is 47.0 Å². The quantitative estimate of drug-likeness (QED) is 0.544. The second kappa shape index (κ2) is 9.47. The molecule has 0 amide bonds. The molecule has 0 bridgehead atoms. The lowest BCUT2D eigenvalue weighted by Gasteiger charge is -2.23. The van der Waals surface area contributed by atoms with Crippen molar-refractivity contribution in [2.75, 3.05) is 25.5 Å². The number of nitrogens with zero attached hydrogens (tertiary/aromatic N) is 1. The minimum absolute atomic E-state index is 0.792. The highest BCUT2D eigenvalue weighted by molar-refractivity contribution is 6.17. The number of rotatable bonds is 9. The van der Waals surface area contributed by atoms with Crippen molar-refractivity contribution in [2.24, 2.45) is 11.8 Å². The molecular weight excluding hydrogens is 206 g/mol. The summed E-state index contributed by atoms with van der Waals surface area (Å²) < 4.78 is 0. The van der Waals surface area contributed by atoms with Gasteiger partial charge >= 0.3 is 0 Å². The Bertz CT molecular complexity index is 122. The third-order valence-corrected chi connectivity index (χ3v) is 2.92. The van der Waals surface area contributed by atoms with Crippen molar-refractivity contribution in [2.45, 2.75) is 47.0 Å². The Morgan fingerprint density at radius 3 is 1.67 bits per heavy atom. The minimum atomic E-state index is 0.792. The standard InChI is InChI=1S/C13H28ClN/c1-12(2)6-10-15(9-5-8-14)11-7-13(3)4/h12-13H,5-11H2,1-4H3. The number of halogens is 1. The summed E-state index contributed by atoms with van der Waals surface area (Å²) >= 11 is 5.74. The lowest BCUT2D eigenvalue weighted by molar-refractivity contribution is 0.244. The molecule has 0 spiro atoms. The molecule has 0 unspecified atom stereocenters. The number of hydrogen-bond acceptors (Lipinski definition) is 1. The molecule has 2 heteroatoms. The van der Waals surface area contributed by atoms with E-state index in [4.69, 9.17) is 11.6 Å². The fourth-order valence-electron chi connectivity index (χ4n) is 1.50. The van der Waals surface area contributed by atoms with Crippen molar-refractivity contribution in [3.8, 4) is 0 Å². The van der Waals surface area contributed by atoms with Gasteiger partial charge in [-0.1, -0.05) is 27.7 Å². The molecule has 1 nitrogen and oxygen atoms in total. The van der Waals surface area contributed by atoms with Gasteiger partial charge < -0.3 is 4.90 Å². The molecule has 92 valence electrons. The van der Waals surface area contributed by atoms with Gasteiger partial charge in [0.2, 0.25) is 0 Å². The van der Waals surface area contributed by atoms with Crippen LogP contribution in [-0.4, -0.2) is 30.4 Å². The van der Waals surface area contributed by atoms with E-state index in [1.165, 1.54) is 32.5 Å². The first-order valence-corrected chi connectivity index (χ1v) is 6.88. The zero-order valence-corrected chi connectivity index (χ0v) is 11.7. The molecule has 0 aromatic rings. The second-order valence-electron chi connectivity index (χ2n) is 5.25. The molecule has 0 aliphatic rings. The summed E-state index contributed by atoms with van der Waals surface area (Å²) in [6, 6.07) is 0. The lowest BCUT2D eigenvalue weighted by Crippen LogP contribution is -2.29. The van der Waals surface area contributed by atoms with Gasteiger partial charge in [-0.25, -0.2) is 0 Å². The van der Waals surface area contributed by atoms with E-state index in [1.54, 1.807) is 0 Å². The SMILES string of the molecule is CC(C)CCN(CCCCl)CCC(C)C. The zero-order valence-electron chi connectivity index (χ0n) is 10.9. The molecule has 0 heterocycles. The highest BCUT2D eigenvalue weighted by Crippen LogP contribution is 2.07. The van der Waals surface area contributed by atoms with E-state index >= 15 is 0 Å². The van der Waals surface area contributed by atoms with Gasteiger partial charge in [0.1, 0.15) is 0 Å². The molecule has 0 aromatic carbocycles. The maximum Gasteiger partial charge on any atom is 0.0235 e. The Balaban J connectivity index is 3.73. The van der Waals surface area contributed by atoms with Crippen molar-refractivity contribution in [3.05, 3.63) is 0 Å². The zero-order chi connectivity index (χ0) is 11.7. The van der Waals surface area contributed by atoms with Gasteiger partial charge in [0, 0.05) is 5.88 Å². The molecule has 0 fully saturated rings. The normalized spacial score (nSPS) is 12.0. The van der Waals surface area contributed by atoms with E-state index in [0.717, 1.165) is 24.1 Å². The molecule has 0 radical (unpaired) electrons. The van der Waals surface area contributed by atoms with Gasteiger partial charge in [0.05, 0.1) is 0 Å². The number of alkyl halides is 1. The predicted octanol–water partition coefficient (Wildman–Crippen LogP) is 4.01. The Morgan fingerprint density at radius 1 is 0.867 bits per heavy atom. The van der Waals surface area contributed by atoms with E-state index in [2.05, 4.69) is 32.6 Å². The summed E-state index contributed by atoms with van der Waals surface area (Å²) in [5.74, 6) is 2.41. The predicted molar refractivity (Wildman–Crippen MR) is 70.7 cm³/mol. The molecule has 0 rings (SSSR count). The van der Waals surface area contributed by atoms with E-state index in [9.17, 15) is 0 Å². The molecule has 0 N–H and O–H groups in total. The maximum atomic E-state index is 5.74. The summed E-state index contributed by atoms with van der Waals surface area (Å²) in [5.41, 5.74) is 0. The van der Waals surface area contributed by atoms with Gasteiger partial charge in [-0.05, 0) is 50.7 Å². The van der Waals surface area contributed by atoms with Crippen LogP contribution in [0.3, 0.4) is 0 Å². The first-order valence-electron chi connectivity index (χ1n) is 6.34. The van der Waals surface area contributed by atoms with E-state index in [-0.39, 0.29) is 0 Å². The summed E-state index contributed by atoms with van der Waals surface area (Å²) in [4.78, 5) is 2.57. The molecule has 15 heavy (non-hydrogen) atoms. The van der Waals surface area contributed by atoms with Crippen LogP contribution in [0, 0.1) is 11.8 Å². The van der Waals surface area contributed by atoms with Crippen LogP contribution in [0.2, 0.25) is 0 Å². The average molecular weight is 234 g/mol. The van der Waals surface area contributed by atoms with Gasteiger partial charge in [-0.2, -0.15) is 0 Å². The summed E-state index contributed by atoms with van der Waals surface area (Å²) in [5, 5.41) is 0. The van der Waals surface area contributed by atoms with Gasteiger partial charge in [0.25, 0.3) is 0 Å². The average Bonchev–Trinajstić information content (AvgIpc) is 2.16. The Hall–Kier alpha value is 0.250. The molecule has 0 aliphatic heterocycles. The second-order valence-corrected chi connectivity index (χ2v) is 5.63. The fraction of sp³-hybridized carbons (Fsp3) is 1.00. The van der Waals surface area contributed by atoms with Gasteiger partial charge in [-0.3, -0.25) is 0 Å². The van der Waals surface area contributed by atoms with Crippen LogP contribution in [-0.2, 0) is 0 Å². The van der Waals surface area contributed by atoms with Crippen molar-refractivity contribution in [3.63, 3.8) is 0 Å². The number of hydrogen-bond donors (Lipinski definition) is 0. The van der Waals surface area contributed by atoms with E-state index in [0.29, 0.717) is 0 Å². The fourth-order valence-corrected chi connectivity index (χ4v) is 1.62. The third-order valence-electron chi connectivity index (χ3n) is 2.65. The third kappa shape index (κ3) is 10.5. The summed E-state index contributed by atoms with van der Waals surface area (Å²) in [6.45, 7) is 12.8. The first-order chi connectivity index (χ1) is 7.06. The molecule has 0 aliphatic carbocycles. The van der Waals surface area contributed by atoms with Crippen LogP contribution in [0.4, 0.5) is 0 Å². The van der Waals surface area contributed by atoms with E-state index < -0.39 is 0 Å². The highest BCUT2D eigenvalue weighted by Gasteiger charge is 2.06. The van der Waals surface area contributed by atoms with Crippen molar-refractivity contribution < 1.29 is 0 Å². The monoisotopic (exact) mass is 233 g/mol. The minimum Gasteiger partial charge on any atom is -0.303 e. The van der Waals surface area contributed by atoms with Gasteiger partial charge in [-0.15, -0.1) is 11.6 Å². The Labute approximate surface area is 101 Å². The van der Waals surface area contributed by atoms with Crippen LogP contribution in [0.15, 0.2) is 0 Å². The summed E-state index contributed by atoms with van der Waals surface area (Å²) in [6.07, 6.45) is 3.73. The molecule has 0 atom stereocenters. The van der Waals surface area contributed by atoms with Crippen LogP contribution < -0.4 is 0 Å². The van der Waals surface area contributed by atoms with Crippen LogP contribution in [0.25, 0.3) is 0 Å². The Kier molecular flexibility index (Phi) is 9.63. The van der Waals surface area contributed by atoms with Crippen molar-refractivity contribution >= 4 is 11.6 Å². The molecule has 0 saturated heterocycles. The molecular formula is C13H28ClN. The molecule has 0 saturated carbocycles. The molecule has 0 aromatic heterocycles. The van der Waals surface area contributed by atoms with E-state index in [1.807, 2.05) is 0 Å². The van der Waals surface area contributed by atoms with Crippen molar-refractivity contribution in [1.82, 2.24) is 4.90 Å².